The molecule has 1 atom stereocenters. The molecule has 1 aliphatic heterocycles. The van der Waals surface area contributed by atoms with Crippen molar-refractivity contribution in [3.8, 4) is 11.5 Å². The van der Waals surface area contributed by atoms with E-state index in [1.165, 1.54) is 10.8 Å². The van der Waals surface area contributed by atoms with Crippen LogP contribution in [0.4, 0.5) is 4.79 Å². The van der Waals surface area contributed by atoms with Crippen molar-refractivity contribution >= 4 is 22.9 Å². The molecule has 0 saturated carbocycles. The van der Waals surface area contributed by atoms with Gasteiger partial charge in [-0.25, -0.2) is 4.79 Å². The summed E-state index contributed by atoms with van der Waals surface area (Å²) in [5, 5.41) is 16.0. The zero-order valence-corrected chi connectivity index (χ0v) is 15.3. The van der Waals surface area contributed by atoms with Crippen molar-refractivity contribution in [2.45, 2.75) is 25.4 Å². The van der Waals surface area contributed by atoms with Crippen LogP contribution in [0.2, 0.25) is 0 Å². The molecule has 1 aliphatic rings. The zero-order chi connectivity index (χ0) is 19.7. The SMILES string of the molecule is CNC(=O)CC1Cc2cncc(Oc3ccc4c(ccn4C(=O)O)c3)c2CN1. The molecule has 2 aromatic heterocycles. The van der Waals surface area contributed by atoms with E-state index in [2.05, 4.69) is 15.6 Å². The zero-order valence-electron chi connectivity index (χ0n) is 15.3. The van der Waals surface area contributed by atoms with Gasteiger partial charge in [0, 0.05) is 49.4 Å². The van der Waals surface area contributed by atoms with E-state index in [1.807, 2.05) is 6.20 Å². The van der Waals surface area contributed by atoms with Crippen molar-refractivity contribution in [3.63, 3.8) is 0 Å². The number of nitrogens with one attached hydrogen (secondary N) is 2. The second-order valence-electron chi connectivity index (χ2n) is 6.73. The van der Waals surface area contributed by atoms with Gasteiger partial charge in [0.15, 0.2) is 0 Å². The second kappa shape index (κ2) is 7.32. The van der Waals surface area contributed by atoms with E-state index in [1.54, 1.807) is 37.5 Å². The Labute approximate surface area is 161 Å². The molecule has 1 unspecified atom stereocenters. The highest BCUT2D eigenvalue weighted by Crippen LogP contribution is 2.31. The highest BCUT2D eigenvalue weighted by atomic mass is 16.5. The molecule has 3 aromatic rings. The predicted molar refractivity (Wildman–Crippen MR) is 103 cm³/mol. The van der Waals surface area contributed by atoms with Gasteiger partial charge in [-0.05, 0) is 36.2 Å². The van der Waals surface area contributed by atoms with Gasteiger partial charge in [-0.3, -0.25) is 14.3 Å². The molecule has 8 heteroatoms. The Balaban J connectivity index is 1.56. The van der Waals surface area contributed by atoms with E-state index in [0.29, 0.717) is 36.4 Å². The minimum atomic E-state index is -1.03. The maximum absolute atomic E-state index is 11.6. The molecular weight excluding hydrogens is 360 g/mol. The van der Waals surface area contributed by atoms with Gasteiger partial charge in [0.25, 0.3) is 0 Å². The van der Waals surface area contributed by atoms with Crippen LogP contribution in [0.5, 0.6) is 11.5 Å². The van der Waals surface area contributed by atoms with Gasteiger partial charge >= 0.3 is 6.09 Å². The first-order valence-electron chi connectivity index (χ1n) is 8.97. The molecule has 3 N–H and O–H groups in total. The van der Waals surface area contributed by atoms with Crippen LogP contribution >= 0.6 is 0 Å². The molecule has 1 amide bonds. The lowest BCUT2D eigenvalue weighted by Gasteiger charge is -2.26. The number of rotatable bonds is 4. The molecule has 8 nitrogen and oxygen atoms in total. The van der Waals surface area contributed by atoms with Crippen molar-refractivity contribution < 1.29 is 19.4 Å². The number of fused-ring (bicyclic) bond motifs is 2. The number of hydrogen-bond acceptors (Lipinski definition) is 5. The summed E-state index contributed by atoms with van der Waals surface area (Å²) in [5.41, 5.74) is 2.68. The molecule has 3 heterocycles. The average Bonchev–Trinajstić information content (AvgIpc) is 3.11. The lowest BCUT2D eigenvalue weighted by Crippen LogP contribution is -2.39. The number of amides is 1. The van der Waals surface area contributed by atoms with Gasteiger partial charge in [0.05, 0.1) is 11.7 Å². The number of ether oxygens (including phenoxy) is 1. The van der Waals surface area contributed by atoms with E-state index in [0.717, 1.165) is 16.5 Å². The summed E-state index contributed by atoms with van der Waals surface area (Å²) < 4.78 is 7.22. The van der Waals surface area contributed by atoms with Gasteiger partial charge in [-0.15, -0.1) is 0 Å². The number of hydrogen-bond donors (Lipinski definition) is 3. The van der Waals surface area contributed by atoms with E-state index in [-0.39, 0.29) is 11.9 Å². The fourth-order valence-electron chi connectivity index (χ4n) is 3.51. The van der Waals surface area contributed by atoms with E-state index in [4.69, 9.17) is 4.74 Å². The number of benzene rings is 1. The van der Waals surface area contributed by atoms with Crippen molar-refractivity contribution in [2.24, 2.45) is 0 Å². The number of aromatic nitrogens is 2. The molecule has 0 fully saturated rings. The first kappa shape index (κ1) is 18.0. The third kappa shape index (κ3) is 3.41. The lowest BCUT2D eigenvalue weighted by molar-refractivity contribution is -0.121. The Morgan fingerprint density at radius 2 is 2.21 bits per heavy atom. The molecule has 4 rings (SSSR count). The lowest BCUT2D eigenvalue weighted by atomic mass is 9.95. The summed E-state index contributed by atoms with van der Waals surface area (Å²) in [6.07, 6.45) is 5.09. The molecular formula is C20H20N4O4. The van der Waals surface area contributed by atoms with Crippen molar-refractivity contribution in [2.75, 3.05) is 7.05 Å². The fourth-order valence-corrected chi connectivity index (χ4v) is 3.51. The molecule has 0 radical (unpaired) electrons. The largest absolute Gasteiger partial charge is 0.464 e. The normalized spacial score (nSPS) is 15.8. The van der Waals surface area contributed by atoms with Crippen LogP contribution in [0.1, 0.15) is 17.5 Å². The monoisotopic (exact) mass is 380 g/mol. The van der Waals surface area contributed by atoms with Crippen molar-refractivity contribution in [1.29, 1.82) is 0 Å². The number of pyridine rings is 1. The molecule has 0 bridgehead atoms. The number of carboxylic acid groups (broad SMARTS) is 1. The Kier molecular flexibility index (Phi) is 4.70. The standard InChI is InChI=1S/C20H20N4O4/c1-21-19(25)8-14-6-13-9-22-11-18(16(13)10-23-14)28-15-2-3-17-12(7-15)4-5-24(17)20(26)27/h2-5,7,9,11,14,23H,6,8,10H2,1H3,(H,21,25)(H,26,27). The highest BCUT2D eigenvalue weighted by Gasteiger charge is 2.23. The molecule has 28 heavy (non-hydrogen) atoms. The topological polar surface area (TPSA) is 105 Å². The first-order chi connectivity index (χ1) is 13.5. The molecule has 0 saturated heterocycles. The fraction of sp³-hybridized carbons (Fsp3) is 0.250. The third-order valence-electron chi connectivity index (χ3n) is 4.95. The summed E-state index contributed by atoms with van der Waals surface area (Å²) in [6.45, 7) is 0.590. The smallest absolute Gasteiger partial charge is 0.415 e. The van der Waals surface area contributed by atoms with Crippen LogP contribution in [0.25, 0.3) is 10.9 Å². The summed E-state index contributed by atoms with van der Waals surface area (Å²) in [5.74, 6) is 1.27. The Hall–Kier alpha value is -3.39. The molecule has 144 valence electrons. The second-order valence-corrected chi connectivity index (χ2v) is 6.73. The van der Waals surface area contributed by atoms with Crippen molar-refractivity contribution in [1.82, 2.24) is 20.2 Å². The van der Waals surface area contributed by atoms with Crippen molar-refractivity contribution in [3.05, 3.63) is 54.0 Å². The van der Waals surface area contributed by atoms with Gasteiger partial charge in [-0.2, -0.15) is 0 Å². The van der Waals surface area contributed by atoms with Crippen LogP contribution in [0.15, 0.2) is 42.9 Å². The Morgan fingerprint density at radius 3 is 3.00 bits per heavy atom. The van der Waals surface area contributed by atoms with Crippen LogP contribution in [0.3, 0.4) is 0 Å². The maximum Gasteiger partial charge on any atom is 0.415 e. The summed E-state index contributed by atoms with van der Waals surface area (Å²) in [7, 11) is 1.63. The van der Waals surface area contributed by atoms with Gasteiger partial charge < -0.3 is 20.5 Å². The Bertz CT molecular complexity index is 1060. The van der Waals surface area contributed by atoms with E-state index < -0.39 is 6.09 Å². The van der Waals surface area contributed by atoms with Crippen LogP contribution in [-0.4, -0.2) is 39.7 Å². The maximum atomic E-state index is 11.6. The summed E-state index contributed by atoms with van der Waals surface area (Å²) in [6, 6.07) is 7.07. The van der Waals surface area contributed by atoms with E-state index in [9.17, 15) is 14.7 Å². The minimum absolute atomic E-state index is 0.00270. The summed E-state index contributed by atoms with van der Waals surface area (Å²) >= 11 is 0. The molecule has 0 spiro atoms. The highest BCUT2D eigenvalue weighted by molar-refractivity contribution is 5.89. The van der Waals surface area contributed by atoms with Crippen LogP contribution in [0, 0.1) is 0 Å². The first-order valence-corrected chi connectivity index (χ1v) is 8.97. The number of carbonyl (C=O) groups is 2. The van der Waals surface area contributed by atoms with Gasteiger partial charge in [0.1, 0.15) is 11.5 Å². The third-order valence-corrected chi connectivity index (χ3v) is 4.95. The number of nitrogens with zero attached hydrogens (tertiary/aromatic N) is 2. The minimum Gasteiger partial charge on any atom is -0.464 e. The molecule has 1 aromatic carbocycles. The van der Waals surface area contributed by atoms with Crippen LogP contribution < -0.4 is 15.4 Å². The average molecular weight is 380 g/mol. The van der Waals surface area contributed by atoms with Crippen LogP contribution in [-0.2, 0) is 17.8 Å². The predicted octanol–water partition coefficient (Wildman–Crippen LogP) is 2.51. The molecule has 0 aliphatic carbocycles. The number of carbonyl (C=O) groups excluding carboxylic acids is 1. The van der Waals surface area contributed by atoms with Gasteiger partial charge in [-0.1, -0.05) is 0 Å². The quantitative estimate of drug-likeness (QED) is 0.642. The van der Waals surface area contributed by atoms with Gasteiger partial charge in [0.2, 0.25) is 5.91 Å². The van der Waals surface area contributed by atoms with E-state index >= 15 is 0 Å². The Morgan fingerprint density at radius 1 is 1.36 bits per heavy atom. The summed E-state index contributed by atoms with van der Waals surface area (Å²) in [4.78, 5) is 27.1.